The summed E-state index contributed by atoms with van der Waals surface area (Å²) in [6.07, 6.45) is 0. The minimum Gasteiger partial charge on any atom is -0.332 e. The lowest BCUT2D eigenvalue weighted by molar-refractivity contribution is -0.692. The molecule has 0 radical (unpaired) electrons. The number of anilines is 1. The number of nitrogens with two attached hydrogens (primary N) is 1. The highest BCUT2D eigenvalue weighted by molar-refractivity contribution is 6.31. The summed E-state index contributed by atoms with van der Waals surface area (Å²) in [4.78, 5) is 22.8. The lowest BCUT2D eigenvalue weighted by Gasteiger charge is -2.19. The van der Waals surface area contributed by atoms with Crippen LogP contribution in [0.2, 0.25) is 5.02 Å². The molecule has 0 saturated carbocycles. The van der Waals surface area contributed by atoms with Crippen LogP contribution in [0.3, 0.4) is 0 Å². The van der Waals surface area contributed by atoms with Gasteiger partial charge in [-0.1, -0.05) is 55.8 Å². The lowest BCUT2D eigenvalue weighted by Crippen LogP contribution is -2.88. The van der Waals surface area contributed by atoms with E-state index in [2.05, 4.69) is 19.2 Å². The number of nitro benzene ring substituents is 1. The van der Waals surface area contributed by atoms with Gasteiger partial charge in [-0.05, 0) is 12.1 Å². The first-order valence-electron chi connectivity index (χ1n) is 8.00. The van der Waals surface area contributed by atoms with Crippen molar-refractivity contribution in [2.45, 2.75) is 19.9 Å². The molecule has 1 atom stereocenters. The summed E-state index contributed by atoms with van der Waals surface area (Å²) in [5.41, 5.74) is 1.07. The molecule has 0 heterocycles. The highest BCUT2D eigenvalue weighted by Gasteiger charge is 2.22. The first-order chi connectivity index (χ1) is 11.9. The van der Waals surface area contributed by atoms with Crippen molar-refractivity contribution >= 4 is 28.9 Å². The second-order valence-electron chi connectivity index (χ2n) is 6.09. The van der Waals surface area contributed by atoms with Crippen molar-refractivity contribution in [2.75, 3.05) is 11.9 Å². The molecule has 0 aliphatic rings. The van der Waals surface area contributed by atoms with Gasteiger partial charge in [0.1, 0.15) is 11.7 Å². The van der Waals surface area contributed by atoms with Crippen LogP contribution in [-0.2, 0) is 4.79 Å². The highest BCUT2D eigenvalue weighted by Crippen LogP contribution is 2.27. The third-order valence-electron chi connectivity index (χ3n) is 3.89. The number of benzene rings is 2. The van der Waals surface area contributed by atoms with Crippen LogP contribution >= 0.6 is 11.6 Å². The van der Waals surface area contributed by atoms with E-state index in [0.29, 0.717) is 10.9 Å². The Kier molecular flexibility index (Phi) is 6.50. The number of hydrogen-bond donors (Lipinski definition) is 2. The maximum Gasteiger partial charge on any atom is 0.292 e. The molecule has 6 nitrogen and oxygen atoms in total. The summed E-state index contributed by atoms with van der Waals surface area (Å²) in [7, 11) is 0. The van der Waals surface area contributed by atoms with E-state index >= 15 is 0 Å². The van der Waals surface area contributed by atoms with Crippen molar-refractivity contribution in [1.29, 1.82) is 0 Å². The van der Waals surface area contributed by atoms with Crippen LogP contribution in [0.15, 0.2) is 48.5 Å². The van der Waals surface area contributed by atoms with Crippen LogP contribution in [0.1, 0.15) is 25.5 Å². The number of rotatable bonds is 7. The quantitative estimate of drug-likeness (QED) is 0.585. The molecule has 1 amide bonds. The molecular weight excluding hydrogens is 342 g/mol. The molecule has 0 saturated heterocycles. The van der Waals surface area contributed by atoms with Crippen LogP contribution in [-0.4, -0.2) is 17.4 Å². The number of carbonyl (C=O) groups is 1. The van der Waals surface area contributed by atoms with Gasteiger partial charge in [0.05, 0.1) is 4.92 Å². The molecule has 0 aliphatic carbocycles. The fourth-order valence-corrected chi connectivity index (χ4v) is 2.84. The molecule has 0 fully saturated rings. The highest BCUT2D eigenvalue weighted by atomic mass is 35.5. The monoisotopic (exact) mass is 362 g/mol. The second-order valence-corrected chi connectivity index (χ2v) is 6.52. The van der Waals surface area contributed by atoms with Crippen molar-refractivity contribution in [2.24, 2.45) is 5.92 Å². The molecule has 3 N–H and O–H groups in total. The number of nitro groups is 1. The van der Waals surface area contributed by atoms with Gasteiger partial charge in [0.15, 0.2) is 6.54 Å². The van der Waals surface area contributed by atoms with Crippen molar-refractivity contribution < 1.29 is 15.0 Å². The zero-order valence-electron chi connectivity index (χ0n) is 14.1. The molecule has 0 aromatic heterocycles. The summed E-state index contributed by atoms with van der Waals surface area (Å²) in [5, 5.41) is 15.9. The van der Waals surface area contributed by atoms with Crippen molar-refractivity contribution in [3.63, 3.8) is 0 Å². The number of nitrogens with one attached hydrogen (secondary N) is 1. The van der Waals surface area contributed by atoms with Gasteiger partial charge < -0.3 is 10.6 Å². The number of amides is 1. The lowest BCUT2D eigenvalue weighted by atomic mass is 9.96. The van der Waals surface area contributed by atoms with Gasteiger partial charge in [-0.15, -0.1) is 0 Å². The molecule has 7 heteroatoms. The number of halogens is 1. The largest absolute Gasteiger partial charge is 0.332 e. The molecule has 0 bridgehead atoms. The minimum atomic E-state index is -0.545. The molecule has 0 aliphatic heterocycles. The van der Waals surface area contributed by atoms with E-state index in [-0.39, 0.29) is 29.9 Å². The molecule has 2 rings (SSSR count). The van der Waals surface area contributed by atoms with E-state index in [1.807, 2.05) is 35.6 Å². The van der Waals surface area contributed by atoms with Crippen LogP contribution in [0.25, 0.3) is 0 Å². The van der Waals surface area contributed by atoms with Gasteiger partial charge in [-0.25, -0.2) is 0 Å². The molecule has 132 valence electrons. The standard InChI is InChI=1S/C18H20ClN3O3/c1-12(2)18(13-6-4-3-5-7-13)20-11-17(23)21-15-10-14(19)8-9-16(15)22(24)25/h3-10,12,18,20H,11H2,1-2H3,(H,21,23)/p+1/t18-/m0/s1. The SMILES string of the molecule is CC(C)[C@H]([NH2+]CC(=O)Nc1cc(Cl)ccc1[N+](=O)[O-])c1ccccc1. The van der Waals surface area contributed by atoms with Gasteiger partial charge in [-0.3, -0.25) is 14.9 Å². The Balaban J connectivity index is 2.05. The van der Waals surface area contributed by atoms with Gasteiger partial charge in [0.25, 0.3) is 11.6 Å². The molecule has 0 spiro atoms. The third kappa shape index (κ3) is 5.27. The van der Waals surface area contributed by atoms with E-state index in [0.717, 1.165) is 5.56 Å². The normalized spacial score (nSPS) is 12.0. The van der Waals surface area contributed by atoms with E-state index in [9.17, 15) is 14.9 Å². The fraction of sp³-hybridized carbons (Fsp3) is 0.278. The van der Waals surface area contributed by atoms with Crippen molar-refractivity contribution in [3.8, 4) is 0 Å². The zero-order valence-corrected chi connectivity index (χ0v) is 14.9. The van der Waals surface area contributed by atoms with Crippen LogP contribution < -0.4 is 10.6 Å². The fourth-order valence-electron chi connectivity index (χ4n) is 2.67. The third-order valence-corrected chi connectivity index (χ3v) is 4.12. The van der Waals surface area contributed by atoms with E-state index in [1.54, 1.807) is 0 Å². The summed E-state index contributed by atoms with van der Waals surface area (Å²) < 4.78 is 0. The van der Waals surface area contributed by atoms with E-state index in [1.165, 1.54) is 18.2 Å². The van der Waals surface area contributed by atoms with Crippen molar-refractivity contribution in [3.05, 3.63) is 69.2 Å². The molecular formula is C18H21ClN3O3+. The summed E-state index contributed by atoms with van der Waals surface area (Å²) in [5.74, 6) is 0.0163. The second kappa shape index (κ2) is 8.60. The first kappa shape index (κ1) is 18.9. The Morgan fingerprint density at radius 2 is 1.92 bits per heavy atom. The topological polar surface area (TPSA) is 88.8 Å². The van der Waals surface area contributed by atoms with E-state index < -0.39 is 4.92 Å². The van der Waals surface area contributed by atoms with Gasteiger partial charge >= 0.3 is 0 Å². The Morgan fingerprint density at radius 1 is 1.24 bits per heavy atom. The minimum absolute atomic E-state index is 0.108. The average Bonchev–Trinajstić information content (AvgIpc) is 2.55. The number of hydrogen-bond acceptors (Lipinski definition) is 3. The summed E-state index contributed by atoms with van der Waals surface area (Å²) >= 11 is 5.87. The Morgan fingerprint density at radius 3 is 2.52 bits per heavy atom. The van der Waals surface area contributed by atoms with Gasteiger partial charge in [-0.2, -0.15) is 0 Å². The predicted molar refractivity (Wildman–Crippen MR) is 97.5 cm³/mol. The Labute approximate surface area is 151 Å². The first-order valence-corrected chi connectivity index (χ1v) is 8.38. The number of quaternary nitrogens is 1. The Bertz CT molecular complexity index is 750. The molecule has 2 aromatic rings. The number of carbonyl (C=O) groups excluding carboxylic acids is 1. The maximum absolute atomic E-state index is 12.2. The maximum atomic E-state index is 12.2. The number of nitrogens with zero attached hydrogens (tertiary/aromatic N) is 1. The molecule has 0 unspecified atom stereocenters. The van der Waals surface area contributed by atoms with Crippen LogP contribution in [0.4, 0.5) is 11.4 Å². The smallest absolute Gasteiger partial charge is 0.292 e. The molecule has 25 heavy (non-hydrogen) atoms. The average molecular weight is 363 g/mol. The van der Waals surface area contributed by atoms with Crippen molar-refractivity contribution in [1.82, 2.24) is 0 Å². The van der Waals surface area contributed by atoms with Crippen LogP contribution in [0, 0.1) is 16.0 Å². The van der Waals surface area contributed by atoms with Gasteiger partial charge in [0.2, 0.25) is 0 Å². The zero-order chi connectivity index (χ0) is 18.4. The molecule has 2 aromatic carbocycles. The predicted octanol–water partition coefficient (Wildman–Crippen LogP) is 3.15. The summed E-state index contributed by atoms with van der Waals surface area (Å²) in [6, 6.07) is 14.2. The Hall–Kier alpha value is -2.44. The van der Waals surface area contributed by atoms with Gasteiger partial charge in [0, 0.05) is 22.6 Å². The summed E-state index contributed by atoms with van der Waals surface area (Å²) in [6.45, 7) is 4.34. The van der Waals surface area contributed by atoms with Crippen LogP contribution in [0.5, 0.6) is 0 Å². The van der Waals surface area contributed by atoms with E-state index in [4.69, 9.17) is 11.6 Å².